The summed E-state index contributed by atoms with van der Waals surface area (Å²) in [6, 6.07) is 7.53. The maximum Gasteiger partial charge on any atom is 0.416 e. The molecule has 3 aromatic rings. The Labute approximate surface area is 206 Å². The fraction of sp³-hybridized carbons (Fsp3) is 0.143. The molecule has 11 nitrogen and oxygen atoms in total. The van der Waals surface area contributed by atoms with Gasteiger partial charge in [-0.25, -0.2) is 4.79 Å². The Hall–Kier alpha value is -4.53. The number of anilines is 1. The molecule has 0 saturated carbocycles. The molecule has 0 amide bonds. The van der Waals surface area contributed by atoms with Crippen molar-refractivity contribution >= 4 is 40.4 Å². The molecule has 0 unspecified atom stereocenters. The van der Waals surface area contributed by atoms with Crippen molar-refractivity contribution in [3.05, 3.63) is 69.4 Å². The summed E-state index contributed by atoms with van der Waals surface area (Å²) in [7, 11) is 1.50. The largest absolute Gasteiger partial charge is 0.504 e. The minimum atomic E-state index is -4.50. The lowest BCUT2D eigenvalue weighted by molar-refractivity contribution is -0.385. The van der Waals surface area contributed by atoms with Gasteiger partial charge in [0, 0.05) is 24.4 Å². The zero-order valence-electron chi connectivity index (χ0n) is 18.5. The van der Waals surface area contributed by atoms with Gasteiger partial charge in [0.2, 0.25) is 0 Å². The molecule has 0 fully saturated rings. The molecule has 15 heteroatoms. The SMILES string of the molecule is C/C(=N/NC(=S)Nc1ccc(C(=O)O)c([N+](=O)[O-])c1)c1nn(C)c(-c2ccc(C(F)(F)F)cc2)c1O. The number of nitro groups is 1. The van der Waals surface area contributed by atoms with E-state index < -0.39 is 33.9 Å². The molecule has 1 aromatic heterocycles. The van der Waals surface area contributed by atoms with Crippen LogP contribution in [0.2, 0.25) is 0 Å². The van der Waals surface area contributed by atoms with Crippen molar-refractivity contribution in [1.29, 1.82) is 0 Å². The number of carboxylic acids is 1. The summed E-state index contributed by atoms with van der Waals surface area (Å²) in [4.78, 5) is 21.4. The number of thiocarbonyl (C=S) groups is 1. The number of carbonyl (C=O) groups is 1. The number of aromatic nitrogens is 2. The average Bonchev–Trinajstić information content (AvgIpc) is 3.10. The van der Waals surface area contributed by atoms with Crippen LogP contribution in [0.5, 0.6) is 5.75 Å². The van der Waals surface area contributed by atoms with Gasteiger partial charge >= 0.3 is 12.1 Å². The van der Waals surface area contributed by atoms with Gasteiger partial charge < -0.3 is 15.5 Å². The summed E-state index contributed by atoms with van der Waals surface area (Å²) < 4.78 is 39.8. The number of nitrogens with zero attached hydrogens (tertiary/aromatic N) is 4. The monoisotopic (exact) mass is 522 g/mol. The fourth-order valence-corrected chi connectivity index (χ4v) is 3.35. The van der Waals surface area contributed by atoms with E-state index in [1.165, 1.54) is 36.9 Å². The van der Waals surface area contributed by atoms with Crippen LogP contribution < -0.4 is 10.7 Å². The summed E-state index contributed by atoms with van der Waals surface area (Å²) in [6.45, 7) is 1.49. The summed E-state index contributed by atoms with van der Waals surface area (Å²) in [5.74, 6) is -1.78. The third-order valence-electron chi connectivity index (χ3n) is 4.86. The summed E-state index contributed by atoms with van der Waals surface area (Å²) in [5, 5.41) is 41.5. The van der Waals surface area contributed by atoms with Crippen LogP contribution in [0, 0.1) is 10.1 Å². The van der Waals surface area contributed by atoms with Crippen molar-refractivity contribution < 1.29 is 33.1 Å². The van der Waals surface area contributed by atoms with Crippen molar-refractivity contribution in [3.8, 4) is 17.0 Å². The molecule has 0 spiro atoms. The number of alkyl halides is 3. The molecular formula is C21H17F3N6O5S. The Kier molecular flexibility index (Phi) is 7.24. The zero-order valence-corrected chi connectivity index (χ0v) is 19.3. The first-order chi connectivity index (χ1) is 16.8. The summed E-state index contributed by atoms with van der Waals surface area (Å²) in [5.41, 5.74) is 1.30. The van der Waals surface area contributed by atoms with Crippen molar-refractivity contribution in [1.82, 2.24) is 15.2 Å². The predicted molar refractivity (Wildman–Crippen MR) is 127 cm³/mol. The Morgan fingerprint density at radius 1 is 1.22 bits per heavy atom. The van der Waals surface area contributed by atoms with Crippen LogP contribution in [0.15, 0.2) is 47.6 Å². The second-order valence-corrected chi connectivity index (χ2v) is 7.71. The highest BCUT2D eigenvalue weighted by atomic mass is 32.1. The van der Waals surface area contributed by atoms with E-state index in [4.69, 9.17) is 17.3 Å². The third kappa shape index (κ3) is 5.57. The highest BCUT2D eigenvalue weighted by Crippen LogP contribution is 2.35. The van der Waals surface area contributed by atoms with Gasteiger partial charge in [-0.1, -0.05) is 12.1 Å². The Bertz CT molecular complexity index is 1390. The lowest BCUT2D eigenvalue weighted by Crippen LogP contribution is -2.25. The zero-order chi connectivity index (χ0) is 26.8. The number of nitro benzene ring substituents is 1. The van der Waals surface area contributed by atoms with E-state index in [-0.39, 0.29) is 33.6 Å². The van der Waals surface area contributed by atoms with E-state index >= 15 is 0 Å². The van der Waals surface area contributed by atoms with Crippen LogP contribution in [0.3, 0.4) is 0 Å². The molecule has 0 atom stereocenters. The topological polar surface area (TPSA) is 155 Å². The van der Waals surface area contributed by atoms with E-state index in [0.29, 0.717) is 5.56 Å². The standard InChI is InChI=1S/C21H17F3N6O5S/c1-10(26-27-20(36)25-13-7-8-14(19(32)33)15(9-13)30(34)35)16-18(31)17(29(2)28-16)11-3-5-12(6-4-11)21(22,23)24/h3-9,31H,1-2H3,(H,32,33)(H2,25,27,36)/b26-10-. The lowest BCUT2D eigenvalue weighted by atomic mass is 10.1. The van der Waals surface area contributed by atoms with E-state index in [9.17, 15) is 33.2 Å². The van der Waals surface area contributed by atoms with Crippen molar-refractivity contribution in [2.75, 3.05) is 5.32 Å². The number of hydrogen-bond acceptors (Lipinski definition) is 7. The van der Waals surface area contributed by atoms with Crippen LogP contribution in [0.1, 0.15) is 28.5 Å². The second kappa shape index (κ2) is 9.99. The van der Waals surface area contributed by atoms with Crippen molar-refractivity contribution in [2.24, 2.45) is 12.1 Å². The third-order valence-corrected chi connectivity index (χ3v) is 5.05. The molecule has 4 N–H and O–H groups in total. The van der Waals surface area contributed by atoms with Gasteiger partial charge in [0.1, 0.15) is 11.3 Å². The Morgan fingerprint density at radius 3 is 2.42 bits per heavy atom. The van der Waals surface area contributed by atoms with Gasteiger partial charge in [0.05, 0.1) is 16.2 Å². The van der Waals surface area contributed by atoms with Gasteiger partial charge in [0.25, 0.3) is 5.69 Å². The van der Waals surface area contributed by atoms with Crippen molar-refractivity contribution in [3.63, 3.8) is 0 Å². The molecule has 3 rings (SSSR count). The number of carboxylic acid groups (broad SMARTS) is 1. The number of aryl methyl sites for hydroxylation is 1. The second-order valence-electron chi connectivity index (χ2n) is 7.30. The lowest BCUT2D eigenvalue weighted by Gasteiger charge is -2.08. The summed E-state index contributed by atoms with van der Waals surface area (Å²) in [6.07, 6.45) is -4.50. The van der Waals surface area contributed by atoms with Crippen LogP contribution >= 0.6 is 12.2 Å². The van der Waals surface area contributed by atoms with Gasteiger partial charge in [-0.15, -0.1) is 0 Å². The van der Waals surface area contributed by atoms with Crippen LogP contribution in [0.25, 0.3) is 11.3 Å². The van der Waals surface area contributed by atoms with E-state index in [2.05, 4.69) is 20.9 Å². The maximum absolute atomic E-state index is 12.8. The van der Waals surface area contributed by atoms with Crippen LogP contribution in [0.4, 0.5) is 24.5 Å². The molecule has 188 valence electrons. The van der Waals surface area contributed by atoms with E-state index in [1.807, 2.05) is 0 Å². The van der Waals surface area contributed by atoms with Crippen LogP contribution in [-0.2, 0) is 13.2 Å². The number of aromatic hydroxyl groups is 1. The molecule has 1 heterocycles. The quantitative estimate of drug-likeness (QED) is 0.162. The molecule has 36 heavy (non-hydrogen) atoms. The normalized spacial score (nSPS) is 11.8. The molecule has 0 aliphatic heterocycles. The van der Waals surface area contributed by atoms with E-state index in [0.717, 1.165) is 24.3 Å². The Balaban J connectivity index is 1.77. The van der Waals surface area contributed by atoms with Gasteiger partial charge in [0.15, 0.2) is 16.6 Å². The molecule has 0 aliphatic rings. The number of halogens is 3. The molecular weight excluding hydrogens is 505 g/mol. The highest BCUT2D eigenvalue weighted by Gasteiger charge is 2.30. The minimum absolute atomic E-state index is 0.0316. The molecule has 0 bridgehead atoms. The van der Waals surface area contributed by atoms with Gasteiger partial charge in [-0.2, -0.15) is 23.4 Å². The fourth-order valence-electron chi connectivity index (χ4n) is 3.19. The predicted octanol–water partition coefficient (Wildman–Crippen LogP) is 4.13. The number of hydrazone groups is 1. The number of benzene rings is 2. The first-order valence-electron chi connectivity index (χ1n) is 9.86. The first-order valence-corrected chi connectivity index (χ1v) is 10.3. The first kappa shape index (κ1) is 26.1. The van der Waals surface area contributed by atoms with E-state index in [1.54, 1.807) is 0 Å². The molecule has 0 saturated heterocycles. The maximum atomic E-state index is 12.8. The smallest absolute Gasteiger partial charge is 0.416 e. The van der Waals surface area contributed by atoms with Crippen molar-refractivity contribution in [2.45, 2.75) is 13.1 Å². The number of rotatable bonds is 6. The molecule has 2 aromatic carbocycles. The van der Waals surface area contributed by atoms with Gasteiger partial charge in [-0.3, -0.25) is 20.2 Å². The Morgan fingerprint density at radius 2 is 1.86 bits per heavy atom. The minimum Gasteiger partial charge on any atom is -0.504 e. The highest BCUT2D eigenvalue weighted by molar-refractivity contribution is 7.80. The molecule has 0 aliphatic carbocycles. The number of hydrogen-bond donors (Lipinski definition) is 4. The van der Waals surface area contributed by atoms with Gasteiger partial charge in [-0.05, 0) is 43.4 Å². The molecule has 0 radical (unpaired) electrons. The summed E-state index contributed by atoms with van der Waals surface area (Å²) >= 11 is 5.08. The average molecular weight is 522 g/mol. The van der Waals surface area contributed by atoms with Crippen LogP contribution in [-0.4, -0.2) is 41.7 Å². The number of nitrogens with one attached hydrogen (secondary N) is 2. The number of aromatic carboxylic acids is 1.